The molecule has 4 fully saturated rings. The third kappa shape index (κ3) is 6.75. The molecule has 4 saturated carbocycles. The number of alkyl halides is 19. The zero-order valence-electron chi connectivity index (χ0n) is 30.6. The number of halogens is 19. The van der Waals surface area contributed by atoms with Crippen LogP contribution in [0.5, 0.6) is 0 Å². The van der Waals surface area contributed by atoms with Gasteiger partial charge in [-0.15, -0.1) is 0 Å². The van der Waals surface area contributed by atoms with Gasteiger partial charge in [-0.3, -0.25) is 4.79 Å². The number of hydrogen-bond acceptors (Lipinski definition) is 5. The molecule has 0 bridgehead atoms. The highest BCUT2D eigenvalue weighted by atomic mass is 19.4. The van der Waals surface area contributed by atoms with Crippen molar-refractivity contribution in [2.24, 2.45) is 46.3 Å². The summed E-state index contributed by atoms with van der Waals surface area (Å²) in [7, 11) is 0. The lowest BCUT2D eigenvalue weighted by Gasteiger charge is -2.63. The molecule has 0 aliphatic heterocycles. The second-order valence-electron chi connectivity index (χ2n) is 16.9. The summed E-state index contributed by atoms with van der Waals surface area (Å²) in [6.45, 7) is 1.99. The van der Waals surface area contributed by atoms with Crippen molar-refractivity contribution in [1.82, 2.24) is 0 Å². The van der Waals surface area contributed by atoms with Gasteiger partial charge in [0.15, 0.2) is 6.61 Å². The Morgan fingerprint density at radius 2 is 1.14 bits per heavy atom. The summed E-state index contributed by atoms with van der Waals surface area (Å²) in [6.07, 6.45) is -8.35. The minimum Gasteiger partial charge on any atom is -0.459 e. The minimum absolute atomic E-state index is 0.00699. The third-order valence-electron chi connectivity index (χ3n) is 13.9. The van der Waals surface area contributed by atoms with Gasteiger partial charge in [0.25, 0.3) is 0 Å². The Morgan fingerprint density at radius 1 is 0.655 bits per heavy atom. The van der Waals surface area contributed by atoms with Crippen LogP contribution in [-0.4, -0.2) is 99.8 Å². The van der Waals surface area contributed by atoms with Gasteiger partial charge in [0, 0.05) is 6.42 Å². The molecule has 58 heavy (non-hydrogen) atoms. The first-order valence-electron chi connectivity index (χ1n) is 18.1. The molecule has 0 radical (unpaired) electrons. The van der Waals surface area contributed by atoms with E-state index in [9.17, 15) is 104 Å². The van der Waals surface area contributed by atoms with Gasteiger partial charge in [-0.05, 0) is 97.7 Å². The maximum atomic E-state index is 14.3. The van der Waals surface area contributed by atoms with Crippen molar-refractivity contribution < 1.29 is 108 Å². The number of rotatable bonds is 13. The van der Waals surface area contributed by atoms with E-state index in [0.717, 1.165) is 0 Å². The Bertz CT molecular complexity index is 1520. The molecule has 0 amide bonds. The van der Waals surface area contributed by atoms with Crippen LogP contribution in [0.2, 0.25) is 0 Å². The van der Waals surface area contributed by atoms with E-state index in [2.05, 4.69) is 11.7 Å². The third-order valence-corrected chi connectivity index (χ3v) is 13.9. The van der Waals surface area contributed by atoms with Crippen molar-refractivity contribution in [3.63, 3.8) is 0 Å². The molecule has 0 aromatic heterocycles. The van der Waals surface area contributed by atoms with Crippen LogP contribution >= 0.6 is 0 Å². The van der Waals surface area contributed by atoms with Crippen LogP contribution in [0.1, 0.15) is 78.6 Å². The Kier molecular flexibility index (Phi) is 12.2. The van der Waals surface area contributed by atoms with Crippen molar-refractivity contribution in [2.45, 2.75) is 150 Å². The standard InChI is InChI=1S/C34H41F19O5/c1-14(17-5-6-18-23-19(12-21(56)25(17,18)3)24(2)9-8-16(54)10-15(24)11-20(23)55)4-7-22(57)58-13-26(35,36)27(37,38)28(39,40)29(41,42)30(43,44)31(45,46)32(47,48)33(49,50)34(51,52)53/h14-21,23,54-56H,4-13H2,1-3H3/t14-,15+,16-,17-,18+,19+,20-,21+,23+,24+,25-/m1/s1. The smallest absolute Gasteiger partial charge is 0.459 e. The Balaban J connectivity index is 1.44. The predicted octanol–water partition coefficient (Wildman–Crippen LogP) is 9.55. The fourth-order valence-electron chi connectivity index (χ4n) is 10.4. The lowest BCUT2D eigenvalue weighted by molar-refractivity contribution is -0.469. The highest BCUT2D eigenvalue weighted by molar-refractivity contribution is 5.69. The average Bonchev–Trinajstić information content (AvgIpc) is 3.44. The first-order valence-corrected chi connectivity index (χ1v) is 18.1. The quantitative estimate of drug-likeness (QED) is 0.127. The summed E-state index contributed by atoms with van der Waals surface area (Å²) in [5, 5.41) is 33.2. The maximum Gasteiger partial charge on any atom is 0.460 e. The van der Waals surface area contributed by atoms with Crippen LogP contribution in [0.25, 0.3) is 0 Å². The van der Waals surface area contributed by atoms with E-state index in [4.69, 9.17) is 0 Å². The molecular formula is C34H41F19O5. The summed E-state index contributed by atoms with van der Waals surface area (Å²) in [6, 6.07) is 0. The van der Waals surface area contributed by atoms with E-state index in [-0.39, 0.29) is 41.9 Å². The van der Waals surface area contributed by atoms with Crippen LogP contribution in [0, 0.1) is 46.3 Å². The molecule has 340 valence electrons. The molecule has 11 atom stereocenters. The largest absolute Gasteiger partial charge is 0.460 e. The van der Waals surface area contributed by atoms with Gasteiger partial charge in [0.1, 0.15) is 0 Å². The van der Waals surface area contributed by atoms with Gasteiger partial charge in [-0.1, -0.05) is 20.8 Å². The first-order chi connectivity index (χ1) is 25.8. The molecule has 0 aromatic carbocycles. The summed E-state index contributed by atoms with van der Waals surface area (Å²) in [4.78, 5) is 12.3. The predicted molar refractivity (Wildman–Crippen MR) is 159 cm³/mol. The molecule has 0 aromatic rings. The molecule has 0 heterocycles. The van der Waals surface area contributed by atoms with Gasteiger partial charge in [0.05, 0.1) is 18.3 Å². The van der Waals surface area contributed by atoms with E-state index in [0.29, 0.717) is 38.5 Å². The summed E-state index contributed by atoms with van der Waals surface area (Å²) in [5.74, 6) is -71.5. The summed E-state index contributed by atoms with van der Waals surface area (Å²) >= 11 is 0. The van der Waals surface area contributed by atoms with Crippen molar-refractivity contribution in [1.29, 1.82) is 0 Å². The van der Waals surface area contributed by atoms with Gasteiger partial charge in [0.2, 0.25) is 0 Å². The monoisotopic (exact) mass is 890 g/mol. The highest BCUT2D eigenvalue weighted by Crippen LogP contribution is 2.69. The molecule has 3 N–H and O–H groups in total. The van der Waals surface area contributed by atoms with Crippen LogP contribution in [0.3, 0.4) is 0 Å². The summed E-state index contributed by atoms with van der Waals surface area (Å²) < 4.78 is 262. The summed E-state index contributed by atoms with van der Waals surface area (Å²) in [5.41, 5.74) is -1.20. The number of carbonyl (C=O) groups is 1. The van der Waals surface area contributed by atoms with Gasteiger partial charge in [-0.2, -0.15) is 83.4 Å². The number of aliphatic hydroxyl groups is 3. The van der Waals surface area contributed by atoms with E-state index in [1.807, 2.05) is 0 Å². The number of esters is 1. The molecule has 4 aliphatic carbocycles. The normalized spacial score (nSPS) is 35.2. The van der Waals surface area contributed by atoms with Crippen molar-refractivity contribution in [3.05, 3.63) is 0 Å². The number of fused-ring (bicyclic) bond motifs is 5. The lowest BCUT2D eigenvalue weighted by Crippen LogP contribution is -2.76. The van der Waals surface area contributed by atoms with Gasteiger partial charge in [-0.25, -0.2) is 0 Å². The maximum absolute atomic E-state index is 14.3. The average molecular weight is 891 g/mol. The second-order valence-corrected chi connectivity index (χ2v) is 16.9. The Labute approximate surface area is 318 Å². The van der Waals surface area contributed by atoms with E-state index in [1.165, 1.54) is 6.92 Å². The first kappa shape index (κ1) is 48.7. The number of ether oxygens (including phenoxy) is 1. The molecular weight excluding hydrogens is 849 g/mol. The van der Waals surface area contributed by atoms with Crippen LogP contribution in [-0.2, 0) is 9.53 Å². The molecule has 24 heteroatoms. The van der Waals surface area contributed by atoms with Crippen molar-refractivity contribution >= 4 is 5.97 Å². The van der Waals surface area contributed by atoms with Gasteiger partial charge < -0.3 is 20.1 Å². The van der Waals surface area contributed by atoms with E-state index >= 15 is 0 Å². The number of carbonyl (C=O) groups excluding carboxylic acids is 1. The fourth-order valence-corrected chi connectivity index (χ4v) is 10.4. The molecule has 5 nitrogen and oxygen atoms in total. The Morgan fingerprint density at radius 3 is 1.64 bits per heavy atom. The van der Waals surface area contributed by atoms with Crippen LogP contribution in [0.4, 0.5) is 83.4 Å². The number of hydrogen-bond donors (Lipinski definition) is 3. The molecule has 4 rings (SSSR count). The second kappa shape index (κ2) is 14.6. The molecule has 0 unspecified atom stereocenters. The van der Waals surface area contributed by atoms with Gasteiger partial charge >= 0.3 is 59.5 Å². The molecule has 4 aliphatic rings. The topological polar surface area (TPSA) is 87.0 Å². The van der Waals surface area contributed by atoms with Crippen molar-refractivity contribution in [3.8, 4) is 0 Å². The number of aliphatic hydroxyl groups excluding tert-OH is 3. The Hall–Kier alpha value is -1.98. The zero-order valence-corrected chi connectivity index (χ0v) is 30.6. The zero-order chi connectivity index (χ0) is 45.1. The fraction of sp³-hybridized carbons (Fsp3) is 0.971. The molecule has 0 saturated heterocycles. The van der Waals surface area contributed by atoms with E-state index < -0.39 is 108 Å². The van der Waals surface area contributed by atoms with Crippen LogP contribution in [0.15, 0.2) is 0 Å². The minimum atomic E-state index is -9.04. The van der Waals surface area contributed by atoms with Crippen LogP contribution < -0.4 is 0 Å². The molecule has 0 spiro atoms. The SMILES string of the molecule is C[C@H](CCC(=O)OCC(F)(F)C(F)(F)C(F)(F)C(F)(F)C(F)(F)C(F)(F)C(F)(F)C(F)(F)C(F)(F)F)[C@H]1CC[C@H]2[C@@H]3[C@H](O)C[C@@H]4C[C@H](O)CC[C@]4(C)[C@H]3C[C@H](O)[C@]12C. The highest BCUT2D eigenvalue weighted by Gasteiger charge is 2.96. The lowest BCUT2D eigenvalue weighted by atomic mass is 9.43. The van der Waals surface area contributed by atoms with Crippen molar-refractivity contribution in [2.75, 3.05) is 6.61 Å². The van der Waals surface area contributed by atoms with E-state index in [1.54, 1.807) is 6.92 Å².